The molecule has 8 nitrogen and oxygen atoms in total. The highest BCUT2D eigenvalue weighted by molar-refractivity contribution is 6.35. The third-order valence-corrected chi connectivity index (χ3v) is 7.34. The molecular formula is C24H25ClFN7O. The molecule has 1 aliphatic heterocycles. The van der Waals surface area contributed by atoms with Gasteiger partial charge in [-0.1, -0.05) is 17.7 Å². The summed E-state index contributed by atoms with van der Waals surface area (Å²) in [7, 11) is 1.55. The Hall–Kier alpha value is -3.04. The quantitative estimate of drug-likeness (QED) is 0.454. The van der Waals surface area contributed by atoms with Crippen LogP contribution in [0.25, 0.3) is 16.4 Å². The summed E-state index contributed by atoms with van der Waals surface area (Å²) in [5.41, 5.74) is 1.26. The van der Waals surface area contributed by atoms with Crippen LogP contribution in [0.15, 0.2) is 41.7 Å². The highest BCUT2D eigenvalue weighted by Gasteiger charge is 2.51. The van der Waals surface area contributed by atoms with Crippen molar-refractivity contribution < 1.29 is 7.13 Å². The average molecular weight is 484 g/mol. The summed E-state index contributed by atoms with van der Waals surface area (Å²) in [6, 6.07) is 4.93. The Morgan fingerprint density at radius 2 is 2.18 bits per heavy atom. The first kappa shape index (κ1) is 19.3. The van der Waals surface area contributed by atoms with Gasteiger partial charge >= 0.3 is 0 Å². The SMILES string of the molecule is [2H]C([2H])(c1ccc(Cl)c2c(=O)n(C)ncc12)C1CC2(C1)CN(CCNc1cc3nncn3cc1F)C2. The van der Waals surface area contributed by atoms with Crippen LogP contribution < -0.4 is 10.9 Å². The van der Waals surface area contributed by atoms with E-state index >= 15 is 0 Å². The average Bonchev–Trinajstić information content (AvgIpc) is 3.23. The number of nitrogens with zero attached hydrogens (tertiary/aromatic N) is 6. The Bertz CT molecular complexity index is 1540. The number of anilines is 1. The van der Waals surface area contributed by atoms with Crippen molar-refractivity contribution in [3.63, 3.8) is 0 Å². The lowest BCUT2D eigenvalue weighted by molar-refractivity contribution is -0.0915. The van der Waals surface area contributed by atoms with Crippen LogP contribution in [0.5, 0.6) is 0 Å². The fraction of sp³-hybridized carbons (Fsp3) is 0.417. The fourth-order valence-corrected chi connectivity index (χ4v) is 5.63. The van der Waals surface area contributed by atoms with Gasteiger partial charge in [0.15, 0.2) is 11.5 Å². The van der Waals surface area contributed by atoms with Gasteiger partial charge in [-0.05, 0) is 42.2 Å². The maximum absolute atomic E-state index is 14.2. The number of fused-ring (bicyclic) bond motifs is 2. The zero-order valence-electron chi connectivity index (χ0n) is 20.6. The summed E-state index contributed by atoms with van der Waals surface area (Å²) in [4.78, 5) is 14.9. The van der Waals surface area contributed by atoms with Gasteiger partial charge in [0, 0.05) is 53.6 Å². The largest absolute Gasteiger partial charge is 0.381 e. The summed E-state index contributed by atoms with van der Waals surface area (Å²) < 4.78 is 34.8. The zero-order chi connectivity index (χ0) is 25.2. The van der Waals surface area contributed by atoms with Crippen LogP contribution in [-0.2, 0) is 13.4 Å². The zero-order valence-corrected chi connectivity index (χ0v) is 19.4. The summed E-state index contributed by atoms with van der Waals surface area (Å²) in [6.07, 6.45) is 4.32. The number of hydrogen-bond acceptors (Lipinski definition) is 6. The maximum Gasteiger partial charge on any atom is 0.275 e. The number of halogens is 2. The Kier molecular flexibility index (Phi) is 4.55. The first-order valence-electron chi connectivity index (χ1n) is 12.3. The molecule has 2 aliphatic rings. The molecule has 0 bridgehead atoms. The summed E-state index contributed by atoms with van der Waals surface area (Å²) in [5.74, 6) is -0.496. The summed E-state index contributed by atoms with van der Waals surface area (Å²) in [6.45, 7) is 3.17. The second-order valence-corrected chi connectivity index (χ2v) is 9.88. The van der Waals surface area contributed by atoms with E-state index in [4.69, 9.17) is 14.3 Å². The highest BCUT2D eigenvalue weighted by atomic mass is 35.5. The lowest BCUT2D eigenvalue weighted by atomic mass is 9.56. The third kappa shape index (κ3) is 3.63. The molecule has 4 heterocycles. The van der Waals surface area contributed by atoms with Gasteiger partial charge in [0.05, 0.1) is 22.3 Å². The smallest absolute Gasteiger partial charge is 0.275 e. The topological polar surface area (TPSA) is 80.3 Å². The predicted octanol–water partition coefficient (Wildman–Crippen LogP) is 3.14. The molecule has 34 heavy (non-hydrogen) atoms. The van der Waals surface area contributed by atoms with Crippen LogP contribution in [0.3, 0.4) is 0 Å². The molecule has 6 rings (SSSR count). The van der Waals surface area contributed by atoms with Crippen molar-refractivity contribution in [1.82, 2.24) is 29.3 Å². The van der Waals surface area contributed by atoms with Crippen LogP contribution >= 0.6 is 11.6 Å². The molecule has 176 valence electrons. The van der Waals surface area contributed by atoms with E-state index in [1.807, 2.05) is 0 Å². The molecule has 1 spiro atoms. The second-order valence-electron chi connectivity index (χ2n) is 9.48. The van der Waals surface area contributed by atoms with E-state index in [0.29, 0.717) is 39.2 Å². The first-order valence-corrected chi connectivity index (χ1v) is 11.6. The van der Waals surface area contributed by atoms with E-state index in [0.717, 1.165) is 32.5 Å². The van der Waals surface area contributed by atoms with Crippen molar-refractivity contribution in [3.8, 4) is 0 Å². The van der Waals surface area contributed by atoms with E-state index < -0.39 is 6.37 Å². The van der Waals surface area contributed by atoms with Crippen LogP contribution in [0, 0.1) is 17.2 Å². The van der Waals surface area contributed by atoms with E-state index in [1.165, 1.54) is 27.8 Å². The number of likely N-dealkylation sites (tertiary alicyclic amines) is 1. The normalized spacial score (nSPS) is 19.1. The van der Waals surface area contributed by atoms with Gasteiger partial charge in [-0.2, -0.15) is 5.10 Å². The van der Waals surface area contributed by atoms with Crippen molar-refractivity contribution in [1.29, 1.82) is 0 Å². The van der Waals surface area contributed by atoms with Gasteiger partial charge < -0.3 is 10.2 Å². The molecule has 1 aliphatic carbocycles. The number of rotatable bonds is 6. The standard InChI is InChI=1S/C24H25ClFN7O/c1-31-23(34)22-17(10-29-31)16(2-3-18(22)25)6-15-8-24(9-15)12-32(13-24)5-4-27-20-7-21-30-28-14-33(21)11-19(20)26/h2-3,7,10-11,14-15,27H,4-6,8-9,12-13H2,1H3/i6D2. The molecule has 0 radical (unpaired) electrons. The van der Waals surface area contributed by atoms with Gasteiger partial charge in [0.2, 0.25) is 0 Å². The van der Waals surface area contributed by atoms with Crippen molar-refractivity contribution in [3.05, 3.63) is 63.7 Å². The molecule has 3 aromatic heterocycles. The molecule has 2 fully saturated rings. The van der Waals surface area contributed by atoms with E-state index in [9.17, 15) is 9.18 Å². The Labute approximate surface area is 203 Å². The number of benzene rings is 1. The minimum atomic E-state index is -1.60. The minimum Gasteiger partial charge on any atom is -0.381 e. The molecule has 0 unspecified atom stereocenters. The minimum absolute atomic E-state index is 0.125. The molecule has 4 aromatic rings. The van der Waals surface area contributed by atoms with Crippen molar-refractivity contribution in [2.45, 2.75) is 19.2 Å². The van der Waals surface area contributed by atoms with Gasteiger partial charge in [-0.3, -0.25) is 9.20 Å². The molecule has 1 saturated carbocycles. The fourth-order valence-electron chi connectivity index (χ4n) is 5.38. The van der Waals surface area contributed by atoms with Crippen molar-refractivity contribution >= 4 is 33.7 Å². The van der Waals surface area contributed by atoms with Crippen LogP contribution in [-0.4, -0.2) is 55.5 Å². The van der Waals surface area contributed by atoms with Gasteiger partial charge in [-0.25, -0.2) is 9.07 Å². The van der Waals surface area contributed by atoms with E-state index in [1.54, 1.807) is 25.2 Å². The molecule has 0 atom stereocenters. The number of nitrogens with one attached hydrogen (secondary N) is 1. The number of hydrogen-bond donors (Lipinski definition) is 1. The summed E-state index contributed by atoms with van der Waals surface area (Å²) >= 11 is 6.28. The molecule has 0 amide bonds. The van der Waals surface area contributed by atoms with Gasteiger partial charge in [0.1, 0.15) is 6.33 Å². The van der Waals surface area contributed by atoms with Gasteiger partial charge in [-0.15, -0.1) is 10.2 Å². The van der Waals surface area contributed by atoms with Crippen molar-refractivity contribution in [2.24, 2.45) is 18.4 Å². The monoisotopic (exact) mass is 483 g/mol. The number of aromatic nitrogens is 5. The van der Waals surface area contributed by atoms with Crippen LogP contribution in [0.4, 0.5) is 10.1 Å². The molecule has 1 aromatic carbocycles. The lowest BCUT2D eigenvalue weighted by Crippen LogP contribution is -2.63. The molecular weight excluding hydrogens is 457 g/mol. The molecule has 1 N–H and O–H groups in total. The maximum atomic E-state index is 14.2. The Balaban J connectivity index is 1.07. The van der Waals surface area contributed by atoms with Crippen molar-refractivity contribution in [2.75, 3.05) is 31.5 Å². The lowest BCUT2D eigenvalue weighted by Gasteiger charge is -2.59. The Morgan fingerprint density at radius 1 is 1.35 bits per heavy atom. The van der Waals surface area contributed by atoms with E-state index in [-0.39, 0.29) is 22.7 Å². The summed E-state index contributed by atoms with van der Waals surface area (Å²) in [5, 5.41) is 16.1. The predicted molar refractivity (Wildman–Crippen MR) is 129 cm³/mol. The van der Waals surface area contributed by atoms with E-state index in [2.05, 4.69) is 25.5 Å². The second kappa shape index (κ2) is 8.02. The van der Waals surface area contributed by atoms with Gasteiger partial charge in [0.25, 0.3) is 5.56 Å². The highest BCUT2D eigenvalue weighted by Crippen LogP contribution is 2.53. The molecule has 10 heteroatoms. The number of pyridine rings is 1. The van der Waals surface area contributed by atoms with Crippen LogP contribution in [0.2, 0.25) is 5.02 Å². The van der Waals surface area contributed by atoms with Crippen LogP contribution in [0.1, 0.15) is 21.1 Å². The number of aryl methyl sites for hydroxylation is 1. The third-order valence-electron chi connectivity index (χ3n) is 7.03. The first-order chi connectivity index (χ1) is 17.2. The Morgan fingerprint density at radius 3 is 3.00 bits per heavy atom. The molecule has 1 saturated heterocycles.